The van der Waals surface area contributed by atoms with Crippen molar-refractivity contribution < 1.29 is 14.3 Å². The highest BCUT2D eigenvalue weighted by atomic mass is 127. The molecule has 0 bridgehead atoms. The van der Waals surface area contributed by atoms with Crippen molar-refractivity contribution in [1.82, 2.24) is 10.6 Å². The highest BCUT2D eigenvalue weighted by Crippen LogP contribution is 2.10. The summed E-state index contributed by atoms with van der Waals surface area (Å²) in [5, 5.41) is 9.25. The van der Waals surface area contributed by atoms with Gasteiger partial charge in [-0.05, 0) is 24.1 Å². The van der Waals surface area contributed by atoms with Crippen LogP contribution in [0.15, 0.2) is 29.3 Å². The summed E-state index contributed by atoms with van der Waals surface area (Å²) in [7, 11) is 3.39. The predicted octanol–water partition coefficient (Wildman–Crippen LogP) is 1.98. The van der Waals surface area contributed by atoms with Crippen LogP contribution < -0.4 is 16.0 Å². The maximum Gasteiger partial charge on any atom is 0.221 e. The zero-order chi connectivity index (χ0) is 17.6. The molecule has 0 aliphatic rings. The van der Waals surface area contributed by atoms with E-state index < -0.39 is 0 Å². The molecule has 0 spiro atoms. The Balaban J connectivity index is 0.00000576. The highest BCUT2D eigenvalue weighted by molar-refractivity contribution is 14.0. The third-order valence-electron chi connectivity index (χ3n) is 3.12. The number of carbonyl (C=O) groups is 1. The van der Waals surface area contributed by atoms with Crippen molar-refractivity contribution in [2.24, 2.45) is 4.99 Å². The number of halogens is 1. The van der Waals surface area contributed by atoms with E-state index in [0.717, 1.165) is 30.2 Å². The average Bonchev–Trinajstić information content (AvgIpc) is 2.56. The Morgan fingerprint density at radius 2 is 2.00 bits per heavy atom. The van der Waals surface area contributed by atoms with Gasteiger partial charge in [-0.1, -0.05) is 12.1 Å². The maximum atomic E-state index is 11.1. The molecule has 8 heteroatoms. The Hall–Kier alpha value is -1.39. The fraction of sp³-hybridized carbons (Fsp3) is 0.529. The van der Waals surface area contributed by atoms with Crippen molar-refractivity contribution in [3.63, 3.8) is 0 Å². The van der Waals surface area contributed by atoms with Crippen molar-refractivity contribution in [1.29, 1.82) is 0 Å². The molecule has 0 aliphatic heterocycles. The standard InChI is InChI=1S/C17H28N4O3.HI/c1-14(22)21-16-7-4-6-15(12-16)13-20-17(18-2)19-8-5-9-24-11-10-23-3;/h4,6-7,12H,5,8-11,13H2,1-3H3,(H,21,22)(H2,18,19,20);1H. The molecule has 3 N–H and O–H groups in total. The second kappa shape index (κ2) is 14.9. The fourth-order valence-electron chi connectivity index (χ4n) is 1.99. The zero-order valence-electron chi connectivity index (χ0n) is 15.1. The van der Waals surface area contributed by atoms with Gasteiger partial charge in [0.15, 0.2) is 5.96 Å². The van der Waals surface area contributed by atoms with E-state index in [0.29, 0.717) is 26.4 Å². The molecule has 7 nitrogen and oxygen atoms in total. The van der Waals surface area contributed by atoms with Gasteiger partial charge in [-0.15, -0.1) is 24.0 Å². The van der Waals surface area contributed by atoms with Crippen molar-refractivity contribution in [3.8, 4) is 0 Å². The second-order valence-corrected chi connectivity index (χ2v) is 5.19. The van der Waals surface area contributed by atoms with E-state index in [-0.39, 0.29) is 29.9 Å². The SMILES string of the molecule is CN=C(NCCCOCCOC)NCc1cccc(NC(C)=O)c1.I. The highest BCUT2D eigenvalue weighted by Gasteiger charge is 2.00. The number of aliphatic imine (C=N–C) groups is 1. The first-order valence-electron chi connectivity index (χ1n) is 8.03. The van der Waals surface area contributed by atoms with Gasteiger partial charge in [0.1, 0.15) is 0 Å². The van der Waals surface area contributed by atoms with Crippen LogP contribution in [-0.4, -0.2) is 52.4 Å². The fourth-order valence-corrected chi connectivity index (χ4v) is 1.99. The number of amides is 1. The van der Waals surface area contributed by atoms with Crippen molar-refractivity contribution in [2.75, 3.05) is 45.8 Å². The summed E-state index contributed by atoms with van der Waals surface area (Å²) in [5.41, 5.74) is 1.85. The Morgan fingerprint density at radius 3 is 2.68 bits per heavy atom. The van der Waals surface area contributed by atoms with E-state index >= 15 is 0 Å². The van der Waals surface area contributed by atoms with Crippen LogP contribution in [0.5, 0.6) is 0 Å². The summed E-state index contributed by atoms with van der Waals surface area (Å²) >= 11 is 0. The molecule has 0 aromatic heterocycles. The minimum atomic E-state index is -0.0784. The molecule has 0 fully saturated rings. The van der Waals surface area contributed by atoms with Gasteiger partial charge in [-0.2, -0.15) is 0 Å². The number of nitrogens with zero attached hydrogens (tertiary/aromatic N) is 1. The summed E-state index contributed by atoms with van der Waals surface area (Å²) in [6.07, 6.45) is 0.891. The molecule has 1 aromatic carbocycles. The first-order valence-corrected chi connectivity index (χ1v) is 8.03. The maximum absolute atomic E-state index is 11.1. The molecular formula is C17H29IN4O3. The number of methoxy groups -OCH3 is 1. The number of anilines is 1. The van der Waals surface area contributed by atoms with Gasteiger partial charge in [0.2, 0.25) is 5.91 Å². The van der Waals surface area contributed by atoms with Crippen LogP contribution in [0.2, 0.25) is 0 Å². The lowest BCUT2D eigenvalue weighted by atomic mass is 10.2. The average molecular weight is 464 g/mol. The topological polar surface area (TPSA) is 84.0 Å². The van der Waals surface area contributed by atoms with Gasteiger partial charge in [0, 0.05) is 46.5 Å². The predicted molar refractivity (Wildman–Crippen MR) is 112 cm³/mol. The molecule has 1 amide bonds. The van der Waals surface area contributed by atoms with Gasteiger partial charge in [0.05, 0.1) is 13.2 Å². The minimum Gasteiger partial charge on any atom is -0.382 e. The summed E-state index contributed by atoms with van der Waals surface area (Å²) in [5.74, 6) is 0.655. The summed E-state index contributed by atoms with van der Waals surface area (Å²) in [6, 6.07) is 7.71. The number of benzene rings is 1. The van der Waals surface area contributed by atoms with Crippen LogP contribution in [0, 0.1) is 0 Å². The van der Waals surface area contributed by atoms with Crippen molar-refractivity contribution in [3.05, 3.63) is 29.8 Å². The number of hydrogen-bond acceptors (Lipinski definition) is 4. The van der Waals surface area contributed by atoms with Crippen LogP contribution in [0.25, 0.3) is 0 Å². The van der Waals surface area contributed by atoms with E-state index in [2.05, 4.69) is 20.9 Å². The van der Waals surface area contributed by atoms with Gasteiger partial charge < -0.3 is 25.4 Å². The van der Waals surface area contributed by atoms with Crippen LogP contribution in [0.4, 0.5) is 5.69 Å². The summed E-state index contributed by atoms with van der Waals surface area (Å²) in [4.78, 5) is 15.3. The van der Waals surface area contributed by atoms with E-state index in [4.69, 9.17) is 9.47 Å². The molecule has 0 aliphatic carbocycles. The normalized spacial score (nSPS) is 10.8. The molecule has 0 saturated heterocycles. The quantitative estimate of drug-likeness (QED) is 0.214. The number of nitrogens with one attached hydrogen (secondary N) is 3. The van der Waals surface area contributed by atoms with E-state index in [1.165, 1.54) is 6.92 Å². The molecule has 0 heterocycles. The Kier molecular flexibility index (Phi) is 14.1. The van der Waals surface area contributed by atoms with Crippen LogP contribution in [-0.2, 0) is 20.8 Å². The first-order chi connectivity index (χ1) is 11.7. The van der Waals surface area contributed by atoms with Crippen molar-refractivity contribution >= 4 is 41.5 Å². The zero-order valence-corrected chi connectivity index (χ0v) is 17.5. The molecule has 0 unspecified atom stereocenters. The third-order valence-corrected chi connectivity index (χ3v) is 3.12. The third kappa shape index (κ3) is 11.7. The Labute approximate surface area is 167 Å². The van der Waals surface area contributed by atoms with E-state index in [9.17, 15) is 4.79 Å². The molecular weight excluding hydrogens is 435 g/mol. The number of carbonyl (C=O) groups excluding carboxylic acids is 1. The second-order valence-electron chi connectivity index (χ2n) is 5.19. The van der Waals surface area contributed by atoms with Gasteiger partial charge in [0.25, 0.3) is 0 Å². The lowest BCUT2D eigenvalue weighted by Gasteiger charge is -2.12. The van der Waals surface area contributed by atoms with E-state index in [1.54, 1.807) is 14.2 Å². The molecule has 0 saturated carbocycles. The lowest BCUT2D eigenvalue weighted by molar-refractivity contribution is -0.114. The monoisotopic (exact) mass is 464 g/mol. The summed E-state index contributed by atoms with van der Waals surface area (Å²) in [6.45, 7) is 4.82. The van der Waals surface area contributed by atoms with Crippen LogP contribution >= 0.6 is 24.0 Å². The Bertz CT molecular complexity index is 526. The number of ether oxygens (including phenoxy) is 2. The number of rotatable bonds is 10. The molecule has 0 atom stereocenters. The number of guanidine groups is 1. The van der Waals surface area contributed by atoms with Gasteiger partial charge in [-0.25, -0.2) is 0 Å². The first kappa shape index (κ1) is 23.6. The summed E-state index contributed by atoms with van der Waals surface area (Å²) < 4.78 is 10.3. The largest absolute Gasteiger partial charge is 0.382 e. The molecule has 0 radical (unpaired) electrons. The molecule has 1 aromatic rings. The van der Waals surface area contributed by atoms with Crippen LogP contribution in [0.3, 0.4) is 0 Å². The Morgan fingerprint density at radius 1 is 1.20 bits per heavy atom. The smallest absolute Gasteiger partial charge is 0.221 e. The molecule has 142 valence electrons. The molecule has 1 rings (SSSR count). The molecule has 25 heavy (non-hydrogen) atoms. The lowest BCUT2D eigenvalue weighted by Crippen LogP contribution is -2.37. The van der Waals surface area contributed by atoms with Gasteiger partial charge in [-0.3, -0.25) is 9.79 Å². The van der Waals surface area contributed by atoms with Crippen molar-refractivity contribution in [2.45, 2.75) is 19.9 Å². The minimum absolute atomic E-state index is 0. The van der Waals surface area contributed by atoms with E-state index in [1.807, 2.05) is 24.3 Å². The van der Waals surface area contributed by atoms with Gasteiger partial charge >= 0.3 is 0 Å². The number of hydrogen-bond donors (Lipinski definition) is 3. The van der Waals surface area contributed by atoms with Crippen LogP contribution in [0.1, 0.15) is 18.9 Å².